The summed E-state index contributed by atoms with van der Waals surface area (Å²) in [7, 11) is -3.67. The number of anilines is 2. The molecule has 3 aromatic rings. The number of halogens is 1. The van der Waals surface area contributed by atoms with Crippen LogP contribution in [0.5, 0.6) is 5.75 Å². The summed E-state index contributed by atoms with van der Waals surface area (Å²) in [4.78, 5) is 12.4. The molecule has 1 heterocycles. The maximum atomic E-state index is 13.2. The Kier molecular flexibility index (Phi) is 6.02. The summed E-state index contributed by atoms with van der Waals surface area (Å²) in [6.07, 6.45) is 0.697. The van der Waals surface area contributed by atoms with Crippen LogP contribution in [0, 0.1) is 6.92 Å². The predicted molar refractivity (Wildman–Crippen MR) is 124 cm³/mol. The van der Waals surface area contributed by atoms with Crippen LogP contribution in [0.2, 0.25) is 0 Å². The summed E-state index contributed by atoms with van der Waals surface area (Å²) in [5.74, 6) is 0.166. The molecule has 1 N–H and O–H groups in total. The number of carbonyl (C=O) groups excluding carboxylic acids is 1. The van der Waals surface area contributed by atoms with Gasteiger partial charge in [-0.15, -0.1) is 0 Å². The highest BCUT2D eigenvalue weighted by Crippen LogP contribution is 2.33. The highest BCUT2D eigenvalue weighted by molar-refractivity contribution is 9.10. The summed E-state index contributed by atoms with van der Waals surface area (Å²) in [6.45, 7) is 2.01. The van der Waals surface area contributed by atoms with Crippen molar-refractivity contribution < 1.29 is 17.9 Å². The third-order valence-electron chi connectivity index (χ3n) is 5.07. The molecule has 0 bridgehead atoms. The van der Waals surface area contributed by atoms with E-state index < -0.39 is 10.0 Å². The van der Waals surface area contributed by atoms with Gasteiger partial charge in [0.15, 0.2) is 6.61 Å². The first-order valence-electron chi connectivity index (χ1n) is 9.74. The molecule has 1 aliphatic rings. The smallest absolute Gasteiger partial charge is 0.264 e. The Morgan fingerprint density at radius 3 is 2.58 bits per heavy atom. The van der Waals surface area contributed by atoms with Crippen molar-refractivity contribution in [3.05, 3.63) is 82.3 Å². The van der Waals surface area contributed by atoms with Gasteiger partial charge in [0, 0.05) is 16.7 Å². The summed E-state index contributed by atoms with van der Waals surface area (Å²) < 4.78 is 34.3. The Morgan fingerprint density at radius 2 is 1.84 bits per heavy atom. The van der Waals surface area contributed by atoms with Gasteiger partial charge in [0.25, 0.3) is 15.9 Å². The third kappa shape index (κ3) is 4.60. The van der Waals surface area contributed by atoms with Crippen molar-refractivity contribution in [2.75, 3.05) is 22.8 Å². The minimum absolute atomic E-state index is 0.178. The van der Waals surface area contributed by atoms with Crippen LogP contribution in [-0.4, -0.2) is 27.5 Å². The van der Waals surface area contributed by atoms with Gasteiger partial charge in [-0.3, -0.25) is 9.10 Å². The standard InChI is InChI=1S/C23H21BrN2O4S/c1-16-14-20(31(28,29)26-13-12-17-4-2-3-5-21(17)26)10-11-22(16)30-15-23(27)25-19-8-6-18(24)7-9-19/h2-11,14H,12-13,15H2,1H3,(H,25,27). The Labute approximate surface area is 190 Å². The van der Waals surface area contributed by atoms with Gasteiger partial charge in [-0.2, -0.15) is 0 Å². The zero-order valence-electron chi connectivity index (χ0n) is 16.8. The van der Waals surface area contributed by atoms with Gasteiger partial charge in [-0.1, -0.05) is 34.1 Å². The number of ether oxygens (including phenoxy) is 1. The van der Waals surface area contributed by atoms with Crippen molar-refractivity contribution in [1.82, 2.24) is 0 Å². The number of para-hydroxylation sites is 1. The molecule has 0 saturated heterocycles. The van der Waals surface area contributed by atoms with Gasteiger partial charge < -0.3 is 10.1 Å². The Balaban J connectivity index is 1.44. The predicted octanol–water partition coefficient (Wildman–Crippen LogP) is 4.53. The highest BCUT2D eigenvalue weighted by atomic mass is 79.9. The van der Waals surface area contributed by atoms with Crippen molar-refractivity contribution in [3.63, 3.8) is 0 Å². The average Bonchev–Trinajstić information content (AvgIpc) is 3.19. The van der Waals surface area contributed by atoms with Gasteiger partial charge in [0.05, 0.1) is 10.6 Å². The Hall–Kier alpha value is -2.84. The molecule has 1 aliphatic heterocycles. The first-order valence-corrected chi connectivity index (χ1v) is 12.0. The molecular weight excluding hydrogens is 480 g/mol. The average molecular weight is 501 g/mol. The van der Waals surface area contributed by atoms with E-state index in [9.17, 15) is 13.2 Å². The van der Waals surface area contributed by atoms with Crippen LogP contribution in [0.25, 0.3) is 0 Å². The first-order chi connectivity index (χ1) is 14.8. The molecule has 0 unspecified atom stereocenters. The lowest BCUT2D eigenvalue weighted by Gasteiger charge is -2.20. The van der Waals surface area contributed by atoms with Crippen molar-refractivity contribution >= 4 is 43.2 Å². The van der Waals surface area contributed by atoms with Crippen LogP contribution in [0.4, 0.5) is 11.4 Å². The molecule has 0 fully saturated rings. The number of nitrogens with one attached hydrogen (secondary N) is 1. The Bertz CT molecular complexity index is 1230. The maximum absolute atomic E-state index is 13.2. The first kappa shape index (κ1) is 21.4. The van der Waals surface area contributed by atoms with Gasteiger partial charge in [-0.25, -0.2) is 8.42 Å². The number of carbonyl (C=O) groups is 1. The molecule has 0 saturated carbocycles. The number of hydrogen-bond donors (Lipinski definition) is 1. The zero-order chi connectivity index (χ0) is 22.0. The third-order valence-corrected chi connectivity index (χ3v) is 7.40. The SMILES string of the molecule is Cc1cc(S(=O)(=O)N2CCc3ccccc32)ccc1OCC(=O)Nc1ccc(Br)cc1. The lowest BCUT2D eigenvalue weighted by Crippen LogP contribution is -2.29. The van der Waals surface area contributed by atoms with Crippen LogP contribution in [0.1, 0.15) is 11.1 Å². The van der Waals surface area contributed by atoms with E-state index in [-0.39, 0.29) is 17.4 Å². The van der Waals surface area contributed by atoms with E-state index in [2.05, 4.69) is 21.2 Å². The van der Waals surface area contributed by atoms with Crippen LogP contribution in [0.15, 0.2) is 76.1 Å². The highest BCUT2D eigenvalue weighted by Gasteiger charge is 2.30. The number of amides is 1. The molecule has 0 spiro atoms. The van der Waals surface area contributed by atoms with E-state index in [1.165, 1.54) is 10.4 Å². The lowest BCUT2D eigenvalue weighted by molar-refractivity contribution is -0.118. The van der Waals surface area contributed by atoms with E-state index in [0.717, 1.165) is 15.7 Å². The van der Waals surface area contributed by atoms with Gasteiger partial charge in [0.2, 0.25) is 0 Å². The molecule has 6 nitrogen and oxygen atoms in total. The molecule has 0 radical (unpaired) electrons. The van der Waals surface area contributed by atoms with Crippen molar-refractivity contribution in [2.24, 2.45) is 0 Å². The molecule has 3 aromatic carbocycles. The second kappa shape index (κ2) is 8.72. The number of benzene rings is 3. The number of aryl methyl sites for hydroxylation is 1. The number of fused-ring (bicyclic) bond motifs is 1. The molecular formula is C23H21BrN2O4S. The molecule has 1 amide bonds. The number of sulfonamides is 1. The van der Waals surface area contributed by atoms with Gasteiger partial charge >= 0.3 is 0 Å². The van der Waals surface area contributed by atoms with E-state index in [1.54, 1.807) is 31.2 Å². The molecule has 4 rings (SSSR count). The van der Waals surface area contributed by atoms with E-state index >= 15 is 0 Å². The number of hydrogen-bond acceptors (Lipinski definition) is 4. The van der Waals surface area contributed by atoms with Crippen molar-refractivity contribution in [3.8, 4) is 5.75 Å². The molecule has 31 heavy (non-hydrogen) atoms. The topological polar surface area (TPSA) is 75.7 Å². The molecule has 0 atom stereocenters. The van der Waals surface area contributed by atoms with E-state index in [0.29, 0.717) is 30.0 Å². The molecule has 8 heteroatoms. The van der Waals surface area contributed by atoms with E-state index in [4.69, 9.17) is 4.74 Å². The number of rotatable bonds is 6. The lowest BCUT2D eigenvalue weighted by atomic mass is 10.2. The summed E-state index contributed by atoms with van der Waals surface area (Å²) in [6, 6.07) is 19.5. The monoisotopic (exact) mass is 500 g/mol. The van der Waals surface area contributed by atoms with Crippen LogP contribution < -0.4 is 14.4 Å². The summed E-state index contributed by atoms with van der Waals surface area (Å²) in [5, 5.41) is 2.75. The molecule has 0 aromatic heterocycles. The summed E-state index contributed by atoms with van der Waals surface area (Å²) in [5.41, 5.74) is 3.07. The van der Waals surface area contributed by atoms with E-state index in [1.807, 2.05) is 36.4 Å². The molecule has 0 aliphatic carbocycles. The normalized spacial score (nSPS) is 13.0. The van der Waals surface area contributed by atoms with Gasteiger partial charge in [-0.05, 0) is 73.0 Å². The number of nitrogens with zero attached hydrogens (tertiary/aromatic N) is 1. The fourth-order valence-corrected chi connectivity index (χ4v) is 5.36. The van der Waals surface area contributed by atoms with Gasteiger partial charge in [0.1, 0.15) is 5.75 Å². The molecule has 160 valence electrons. The fourth-order valence-electron chi connectivity index (χ4n) is 3.50. The largest absolute Gasteiger partial charge is 0.483 e. The fraction of sp³-hybridized carbons (Fsp3) is 0.174. The maximum Gasteiger partial charge on any atom is 0.264 e. The Morgan fingerprint density at radius 1 is 1.10 bits per heavy atom. The van der Waals surface area contributed by atoms with Crippen LogP contribution >= 0.6 is 15.9 Å². The summed E-state index contributed by atoms with van der Waals surface area (Å²) >= 11 is 3.35. The second-order valence-corrected chi connectivity index (χ2v) is 10.0. The zero-order valence-corrected chi connectivity index (χ0v) is 19.2. The van der Waals surface area contributed by atoms with Crippen molar-refractivity contribution in [1.29, 1.82) is 0 Å². The minimum Gasteiger partial charge on any atom is -0.483 e. The van der Waals surface area contributed by atoms with Crippen LogP contribution in [0.3, 0.4) is 0 Å². The quantitative estimate of drug-likeness (QED) is 0.539. The van der Waals surface area contributed by atoms with Crippen LogP contribution in [-0.2, 0) is 21.2 Å². The minimum atomic E-state index is -3.67. The van der Waals surface area contributed by atoms with Crippen molar-refractivity contribution in [2.45, 2.75) is 18.2 Å². The second-order valence-electron chi connectivity index (χ2n) is 7.23.